The van der Waals surface area contributed by atoms with Gasteiger partial charge in [-0.15, -0.1) is 0 Å². The van der Waals surface area contributed by atoms with Crippen LogP contribution in [0.3, 0.4) is 0 Å². The molecule has 120 valence electrons. The van der Waals surface area contributed by atoms with Gasteiger partial charge in [-0.25, -0.2) is 18.6 Å². The lowest BCUT2D eigenvalue weighted by Crippen LogP contribution is -2.24. The smallest absolute Gasteiger partial charge is 0.353 e. The molecule has 2 aliphatic rings. The van der Waals surface area contributed by atoms with E-state index in [1.165, 1.54) is 24.8 Å². The van der Waals surface area contributed by atoms with Crippen LogP contribution >= 0.6 is 0 Å². The van der Waals surface area contributed by atoms with E-state index in [1.807, 2.05) is 0 Å². The second kappa shape index (κ2) is 5.04. The van der Waals surface area contributed by atoms with E-state index in [0.29, 0.717) is 23.2 Å². The highest BCUT2D eigenvalue weighted by Crippen LogP contribution is 2.47. The average Bonchev–Trinajstić information content (AvgIpc) is 2.89. The Labute approximate surface area is 131 Å². The zero-order valence-corrected chi connectivity index (χ0v) is 12.2. The molecule has 1 aromatic carbocycles. The van der Waals surface area contributed by atoms with Crippen LogP contribution in [0.5, 0.6) is 0 Å². The van der Waals surface area contributed by atoms with Gasteiger partial charge in [-0.3, -0.25) is 0 Å². The van der Waals surface area contributed by atoms with Crippen molar-refractivity contribution in [3.8, 4) is 0 Å². The molecule has 0 radical (unpaired) electrons. The number of carboxylic acids is 1. The first-order chi connectivity index (χ1) is 11.0. The lowest BCUT2D eigenvalue weighted by Gasteiger charge is -2.22. The van der Waals surface area contributed by atoms with E-state index in [1.54, 1.807) is 4.90 Å². The van der Waals surface area contributed by atoms with Crippen LogP contribution in [0.1, 0.15) is 28.3 Å². The highest BCUT2D eigenvalue weighted by molar-refractivity contribution is 5.85. The maximum absolute atomic E-state index is 14.3. The van der Waals surface area contributed by atoms with Crippen molar-refractivity contribution in [2.24, 2.45) is 11.8 Å². The fraction of sp³-hybridized carbons (Fsp3) is 0.375. The summed E-state index contributed by atoms with van der Waals surface area (Å²) in [7, 11) is 0. The molecule has 2 unspecified atom stereocenters. The standard InChI is InChI=1S/C16H15F2N3O2/c17-11-1-8(3-14-19-5-13(20-14)16(22)23)2-12(18)15(11)21-6-9-4-10(9)7-21/h1-2,5,9-10H,3-4,6-7H2,(H,19,20)(H,22,23). The zero-order chi connectivity index (χ0) is 16.1. The van der Waals surface area contributed by atoms with Gasteiger partial charge in [0, 0.05) is 19.5 Å². The highest BCUT2D eigenvalue weighted by Gasteiger charge is 2.46. The molecule has 1 aliphatic carbocycles. The number of rotatable bonds is 4. The zero-order valence-electron chi connectivity index (χ0n) is 12.2. The largest absolute Gasteiger partial charge is 0.477 e. The van der Waals surface area contributed by atoms with Crippen LogP contribution in [0.15, 0.2) is 18.3 Å². The number of nitrogens with one attached hydrogen (secondary N) is 1. The number of aromatic carboxylic acids is 1. The molecule has 0 spiro atoms. The molecule has 0 bridgehead atoms. The minimum atomic E-state index is -1.12. The van der Waals surface area contributed by atoms with Gasteiger partial charge in [0.25, 0.3) is 0 Å². The number of hydrogen-bond acceptors (Lipinski definition) is 3. The number of anilines is 1. The van der Waals surface area contributed by atoms with Gasteiger partial charge in [0.15, 0.2) is 0 Å². The number of piperidine rings is 1. The summed E-state index contributed by atoms with van der Waals surface area (Å²) in [6.45, 7) is 1.44. The average molecular weight is 319 g/mol. The molecule has 1 saturated heterocycles. The van der Waals surface area contributed by atoms with Gasteiger partial charge in [-0.1, -0.05) is 0 Å². The fourth-order valence-electron chi connectivity index (χ4n) is 3.36. The van der Waals surface area contributed by atoms with Crippen molar-refractivity contribution in [1.82, 2.24) is 9.97 Å². The first-order valence-corrected chi connectivity index (χ1v) is 7.51. The van der Waals surface area contributed by atoms with Crippen molar-refractivity contribution in [3.05, 3.63) is 47.0 Å². The summed E-state index contributed by atoms with van der Waals surface area (Å²) in [5, 5.41) is 8.84. The number of carbonyl (C=O) groups is 1. The summed E-state index contributed by atoms with van der Waals surface area (Å²) in [5.74, 6) is -0.741. The predicted octanol–water partition coefficient (Wildman–Crippen LogP) is 2.43. The minimum absolute atomic E-state index is 0.0474. The van der Waals surface area contributed by atoms with Gasteiger partial charge in [-0.05, 0) is 36.0 Å². The monoisotopic (exact) mass is 319 g/mol. The predicted molar refractivity (Wildman–Crippen MR) is 78.5 cm³/mol. The maximum atomic E-state index is 14.3. The van der Waals surface area contributed by atoms with Crippen molar-refractivity contribution < 1.29 is 18.7 Å². The second-order valence-electron chi connectivity index (χ2n) is 6.29. The third-order valence-electron chi connectivity index (χ3n) is 4.60. The number of halogens is 2. The molecule has 2 atom stereocenters. The van der Waals surface area contributed by atoms with Crippen molar-refractivity contribution in [3.63, 3.8) is 0 Å². The number of hydrogen-bond donors (Lipinski definition) is 2. The van der Waals surface area contributed by atoms with E-state index in [9.17, 15) is 13.6 Å². The SMILES string of the molecule is O=C(O)c1cnc(Cc2cc(F)c(N3CC4CC4C3)c(F)c2)[nH]1. The first kappa shape index (κ1) is 14.2. The molecule has 2 heterocycles. The molecular weight excluding hydrogens is 304 g/mol. The van der Waals surface area contributed by atoms with E-state index in [2.05, 4.69) is 9.97 Å². The molecule has 1 aromatic heterocycles. The topological polar surface area (TPSA) is 69.2 Å². The molecule has 1 aliphatic heterocycles. The molecule has 4 rings (SSSR count). The lowest BCUT2D eigenvalue weighted by molar-refractivity contribution is 0.0691. The molecular formula is C16H15F2N3O2. The molecule has 2 fully saturated rings. The van der Waals surface area contributed by atoms with Crippen LogP contribution in [0.2, 0.25) is 0 Å². The maximum Gasteiger partial charge on any atom is 0.353 e. The van der Waals surface area contributed by atoms with Crippen LogP contribution < -0.4 is 4.90 Å². The Morgan fingerprint density at radius 2 is 1.96 bits per heavy atom. The Hall–Kier alpha value is -2.44. The van der Waals surface area contributed by atoms with Crippen molar-refractivity contribution in [1.29, 1.82) is 0 Å². The number of nitrogens with zero attached hydrogens (tertiary/aromatic N) is 2. The minimum Gasteiger partial charge on any atom is -0.477 e. The van der Waals surface area contributed by atoms with E-state index < -0.39 is 17.6 Å². The third kappa shape index (κ3) is 2.56. The Bertz CT molecular complexity index is 756. The molecule has 1 saturated carbocycles. The quantitative estimate of drug-likeness (QED) is 0.908. The summed E-state index contributed by atoms with van der Waals surface area (Å²) in [6, 6.07) is 2.59. The van der Waals surface area contributed by atoms with Gasteiger partial charge in [0.1, 0.15) is 28.8 Å². The molecule has 0 amide bonds. The molecule has 23 heavy (non-hydrogen) atoms. The van der Waals surface area contributed by atoms with Gasteiger partial charge < -0.3 is 15.0 Å². The Morgan fingerprint density at radius 3 is 2.52 bits per heavy atom. The van der Waals surface area contributed by atoms with Crippen molar-refractivity contribution in [2.75, 3.05) is 18.0 Å². The van der Waals surface area contributed by atoms with Gasteiger partial charge in [-0.2, -0.15) is 0 Å². The molecule has 2 N–H and O–H groups in total. The van der Waals surface area contributed by atoms with E-state index in [4.69, 9.17) is 5.11 Å². The Balaban J connectivity index is 1.56. The number of carboxylic acid groups (broad SMARTS) is 1. The number of imidazole rings is 1. The summed E-state index contributed by atoms with van der Waals surface area (Å²) >= 11 is 0. The molecule has 5 nitrogen and oxygen atoms in total. The summed E-state index contributed by atoms with van der Waals surface area (Å²) in [6.07, 6.45) is 2.50. The lowest BCUT2D eigenvalue weighted by atomic mass is 10.1. The summed E-state index contributed by atoms with van der Waals surface area (Å²) < 4.78 is 28.7. The van der Waals surface area contributed by atoms with Crippen LogP contribution in [0, 0.1) is 23.5 Å². The molecule has 7 heteroatoms. The van der Waals surface area contributed by atoms with Gasteiger partial charge in [0.2, 0.25) is 0 Å². The Morgan fingerprint density at radius 1 is 1.30 bits per heavy atom. The summed E-state index contributed by atoms with van der Waals surface area (Å²) in [4.78, 5) is 19.1. The number of aromatic nitrogens is 2. The highest BCUT2D eigenvalue weighted by atomic mass is 19.1. The number of aromatic amines is 1. The van der Waals surface area contributed by atoms with Crippen LogP contribution in [0.25, 0.3) is 0 Å². The first-order valence-electron chi connectivity index (χ1n) is 7.51. The third-order valence-corrected chi connectivity index (χ3v) is 4.60. The normalized spacial score (nSPS) is 22.3. The molecule has 2 aromatic rings. The number of H-pyrrole nitrogens is 1. The number of fused-ring (bicyclic) bond motifs is 1. The van der Waals surface area contributed by atoms with Crippen molar-refractivity contribution in [2.45, 2.75) is 12.8 Å². The van der Waals surface area contributed by atoms with Gasteiger partial charge in [0.05, 0.1) is 6.20 Å². The van der Waals surface area contributed by atoms with Crippen LogP contribution in [-0.4, -0.2) is 34.1 Å². The van der Waals surface area contributed by atoms with Crippen LogP contribution in [0.4, 0.5) is 14.5 Å². The number of benzene rings is 1. The van der Waals surface area contributed by atoms with E-state index in [-0.39, 0.29) is 17.8 Å². The fourth-order valence-corrected chi connectivity index (χ4v) is 3.36. The Kier molecular flexibility index (Phi) is 3.11. The van der Waals surface area contributed by atoms with Gasteiger partial charge >= 0.3 is 5.97 Å². The van der Waals surface area contributed by atoms with E-state index in [0.717, 1.165) is 13.1 Å². The van der Waals surface area contributed by atoms with Crippen molar-refractivity contribution >= 4 is 11.7 Å². The van der Waals surface area contributed by atoms with E-state index >= 15 is 0 Å². The van der Waals surface area contributed by atoms with Crippen LogP contribution in [-0.2, 0) is 6.42 Å². The summed E-state index contributed by atoms with van der Waals surface area (Å²) in [5.41, 5.74) is 0.417. The second-order valence-corrected chi connectivity index (χ2v) is 6.29.